The lowest BCUT2D eigenvalue weighted by atomic mass is 9.96. The fourth-order valence-corrected chi connectivity index (χ4v) is 3.62. The van der Waals surface area contributed by atoms with Crippen molar-refractivity contribution in [3.8, 4) is 0 Å². The van der Waals surface area contributed by atoms with Gasteiger partial charge in [-0.3, -0.25) is 4.79 Å². The van der Waals surface area contributed by atoms with E-state index in [0.717, 1.165) is 29.5 Å². The SMILES string of the molecule is COC(=O)CCc1cnc(N2CC[C@H](OC3CCC3)C2)s1.Cl. The van der Waals surface area contributed by atoms with Gasteiger partial charge in [-0.05, 0) is 32.1 Å². The first-order chi connectivity index (χ1) is 10.2. The summed E-state index contributed by atoms with van der Waals surface area (Å²) in [6.45, 7) is 1.96. The molecular formula is C15H23ClN2O3S. The number of rotatable bonds is 6. The molecule has 1 aliphatic carbocycles. The zero-order valence-electron chi connectivity index (χ0n) is 12.8. The maximum absolute atomic E-state index is 11.2. The number of hydrogen-bond donors (Lipinski definition) is 0. The van der Waals surface area contributed by atoms with Crippen LogP contribution in [0.25, 0.3) is 0 Å². The number of aryl methyl sites for hydroxylation is 1. The number of nitrogens with zero attached hydrogens (tertiary/aromatic N) is 2. The van der Waals surface area contributed by atoms with E-state index in [1.165, 1.54) is 26.4 Å². The lowest BCUT2D eigenvalue weighted by molar-refractivity contribution is -0.140. The fourth-order valence-electron chi connectivity index (χ4n) is 2.68. The van der Waals surface area contributed by atoms with Crippen LogP contribution < -0.4 is 4.90 Å². The molecule has 0 radical (unpaired) electrons. The molecule has 1 aromatic heterocycles. The summed E-state index contributed by atoms with van der Waals surface area (Å²) in [5.74, 6) is -0.167. The van der Waals surface area contributed by atoms with Crippen LogP contribution in [-0.2, 0) is 20.7 Å². The van der Waals surface area contributed by atoms with E-state index >= 15 is 0 Å². The van der Waals surface area contributed by atoms with Crippen molar-refractivity contribution < 1.29 is 14.3 Å². The van der Waals surface area contributed by atoms with Crippen molar-refractivity contribution in [2.75, 3.05) is 25.1 Å². The Morgan fingerprint density at radius 2 is 2.23 bits per heavy atom. The largest absolute Gasteiger partial charge is 0.469 e. The Kier molecular flexibility index (Phi) is 6.47. The van der Waals surface area contributed by atoms with Gasteiger partial charge in [0.15, 0.2) is 5.13 Å². The number of esters is 1. The zero-order valence-corrected chi connectivity index (χ0v) is 14.5. The monoisotopic (exact) mass is 346 g/mol. The van der Waals surface area contributed by atoms with Gasteiger partial charge in [-0.15, -0.1) is 23.7 Å². The number of anilines is 1. The van der Waals surface area contributed by atoms with Gasteiger partial charge in [-0.1, -0.05) is 0 Å². The molecule has 1 atom stereocenters. The maximum Gasteiger partial charge on any atom is 0.305 e. The number of carbonyl (C=O) groups excluding carboxylic acids is 1. The maximum atomic E-state index is 11.2. The van der Waals surface area contributed by atoms with Crippen molar-refractivity contribution >= 4 is 34.8 Å². The quantitative estimate of drug-likeness (QED) is 0.741. The molecule has 1 saturated carbocycles. The Hall–Kier alpha value is -0.850. The van der Waals surface area contributed by atoms with Gasteiger partial charge in [0, 0.05) is 24.2 Å². The van der Waals surface area contributed by atoms with E-state index in [2.05, 4.69) is 14.6 Å². The van der Waals surface area contributed by atoms with Crippen LogP contribution in [0.15, 0.2) is 6.20 Å². The van der Waals surface area contributed by atoms with E-state index in [0.29, 0.717) is 25.0 Å². The Balaban J connectivity index is 0.00000176. The molecule has 2 fully saturated rings. The van der Waals surface area contributed by atoms with Crippen LogP contribution in [0.3, 0.4) is 0 Å². The van der Waals surface area contributed by atoms with E-state index in [1.54, 1.807) is 11.3 Å². The van der Waals surface area contributed by atoms with Crippen LogP contribution in [0, 0.1) is 0 Å². The van der Waals surface area contributed by atoms with Gasteiger partial charge in [0.05, 0.1) is 25.7 Å². The highest BCUT2D eigenvalue weighted by molar-refractivity contribution is 7.15. The van der Waals surface area contributed by atoms with Crippen molar-refractivity contribution in [3.63, 3.8) is 0 Å². The van der Waals surface area contributed by atoms with Gasteiger partial charge < -0.3 is 14.4 Å². The van der Waals surface area contributed by atoms with Crippen molar-refractivity contribution in [1.29, 1.82) is 0 Å². The third-order valence-corrected chi connectivity index (χ3v) is 5.32. The summed E-state index contributed by atoms with van der Waals surface area (Å²) in [6, 6.07) is 0. The minimum Gasteiger partial charge on any atom is -0.469 e. The molecule has 0 N–H and O–H groups in total. The second-order valence-corrected chi connectivity index (χ2v) is 6.82. The van der Waals surface area contributed by atoms with Gasteiger partial charge in [-0.25, -0.2) is 4.98 Å². The van der Waals surface area contributed by atoms with E-state index in [1.807, 2.05) is 6.20 Å². The van der Waals surface area contributed by atoms with Crippen LogP contribution >= 0.6 is 23.7 Å². The van der Waals surface area contributed by atoms with Crippen LogP contribution in [0.2, 0.25) is 0 Å². The Bertz CT molecular complexity index is 493. The molecule has 22 heavy (non-hydrogen) atoms. The molecule has 0 amide bonds. The summed E-state index contributed by atoms with van der Waals surface area (Å²) < 4.78 is 10.7. The Morgan fingerprint density at radius 1 is 1.41 bits per heavy atom. The van der Waals surface area contributed by atoms with Gasteiger partial charge in [0.25, 0.3) is 0 Å². The second kappa shape index (κ2) is 8.13. The van der Waals surface area contributed by atoms with Gasteiger partial charge in [-0.2, -0.15) is 0 Å². The van der Waals surface area contributed by atoms with Crippen molar-refractivity contribution in [3.05, 3.63) is 11.1 Å². The molecule has 5 nitrogen and oxygen atoms in total. The van der Waals surface area contributed by atoms with Crippen LogP contribution in [0.1, 0.15) is 37.0 Å². The molecular weight excluding hydrogens is 324 g/mol. The minimum absolute atomic E-state index is 0. The van der Waals surface area contributed by atoms with Gasteiger partial charge in [0.2, 0.25) is 0 Å². The summed E-state index contributed by atoms with van der Waals surface area (Å²) in [7, 11) is 1.42. The third-order valence-electron chi connectivity index (χ3n) is 4.20. The lowest BCUT2D eigenvalue weighted by Gasteiger charge is -2.28. The number of thiazole rings is 1. The summed E-state index contributed by atoms with van der Waals surface area (Å²) in [5, 5.41) is 1.05. The summed E-state index contributed by atoms with van der Waals surface area (Å²) in [4.78, 5) is 19.1. The Labute approximate surface area is 141 Å². The molecule has 2 heterocycles. The molecule has 7 heteroatoms. The van der Waals surface area contributed by atoms with E-state index < -0.39 is 0 Å². The molecule has 0 aromatic carbocycles. The number of carbonyl (C=O) groups is 1. The van der Waals surface area contributed by atoms with E-state index in [9.17, 15) is 4.79 Å². The van der Waals surface area contributed by atoms with Gasteiger partial charge >= 0.3 is 5.97 Å². The minimum atomic E-state index is -0.167. The first-order valence-corrected chi connectivity index (χ1v) is 8.48. The van der Waals surface area contributed by atoms with Crippen LogP contribution in [0.4, 0.5) is 5.13 Å². The molecule has 0 bridgehead atoms. The lowest BCUT2D eigenvalue weighted by Crippen LogP contribution is -2.30. The van der Waals surface area contributed by atoms with E-state index in [4.69, 9.17) is 4.74 Å². The third kappa shape index (κ3) is 4.33. The number of halogens is 1. The fraction of sp³-hybridized carbons (Fsp3) is 0.733. The van der Waals surface area contributed by atoms with Crippen molar-refractivity contribution in [2.45, 2.75) is 50.7 Å². The summed E-state index contributed by atoms with van der Waals surface area (Å²) in [6.07, 6.45) is 8.73. The number of aromatic nitrogens is 1. The first kappa shape index (κ1) is 17.5. The van der Waals surface area contributed by atoms with Crippen LogP contribution in [0.5, 0.6) is 0 Å². The summed E-state index contributed by atoms with van der Waals surface area (Å²) >= 11 is 1.67. The average molecular weight is 347 g/mol. The second-order valence-electron chi connectivity index (χ2n) is 5.73. The van der Waals surface area contributed by atoms with Crippen molar-refractivity contribution in [1.82, 2.24) is 4.98 Å². The predicted molar refractivity (Wildman–Crippen MR) is 89.0 cm³/mol. The molecule has 1 saturated heterocycles. The first-order valence-electron chi connectivity index (χ1n) is 7.66. The molecule has 3 rings (SSSR count). The van der Waals surface area contributed by atoms with E-state index in [-0.39, 0.29) is 18.4 Å². The van der Waals surface area contributed by atoms with Crippen molar-refractivity contribution in [2.24, 2.45) is 0 Å². The topological polar surface area (TPSA) is 51.7 Å². The zero-order chi connectivity index (χ0) is 14.7. The normalized spacial score (nSPS) is 21.3. The standard InChI is InChI=1S/C15H22N2O3S.ClH/c1-19-14(18)6-5-13-9-16-15(21-13)17-8-7-12(10-17)20-11-3-2-4-11;/h9,11-12H,2-8,10H2,1H3;1H/t12-;/m0./s1. The molecule has 1 aromatic rings. The average Bonchev–Trinajstić information content (AvgIpc) is 3.09. The highest BCUT2D eigenvalue weighted by Crippen LogP contribution is 2.30. The number of hydrogen-bond acceptors (Lipinski definition) is 6. The smallest absolute Gasteiger partial charge is 0.305 e. The van der Waals surface area contributed by atoms with Crippen LogP contribution in [-0.4, -0.2) is 43.4 Å². The highest BCUT2D eigenvalue weighted by Gasteiger charge is 2.29. The summed E-state index contributed by atoms with van der Waals surface area (Å²) in [5.41, 5.74) is 0. The molecule has 0 unspecified atom stereocenters. The number of methoxy groups -OCH3 is 1. The molecule has 1 aliphatic heterocycles. The molecule has 2 aliphatic rings. The molecule has 124 valence electrons. The highest BCUT2D eigenvalue weighted by atomic mass is 35.5. The number of ether oxygens (including phenoxy) is 2. The predicted octanol–water partition coefficient (Wildman–Crippen LogP) is 2.82. The Morgan fingerprint density at radius 3 is 2.91 bits per heavy atom. The molecule has 0 spiro atoms. The van der Waals surface area contributed by atoms with Gasteiger partial charge in [0.1, 0.15) is 0 Å².